The van der Waals surface area contributed by atoms with Crippen LogP contribution >= 0.6 is 0 Å². The van der Waals surface area contributed by atoms with Crippen molar-refractivity contribution in [1.82, 2.24) is 9.71 Å². The van der Waals surface area contributed by atoms with Crippen LogP contribution in [-0.4, -0.2) is 42.6 Å². The van der Waals surface area contributed by atoms with Crippen molar-refractivity contribution < 1.29 is 26.3 Å². The van der Waals surface area contributed by atoms with E-state index in [9.17, 15) is 16.8 Å². The number of nitrogens with zero attached hydrogens (tertiary/aromatic N) is 1. The van der Waals surface area contributed by atoms with Crippen molar-refractivity contribution in [3.63, 3.8) is 0 Å². The van der Waals surface area contributed by atoms with Crippen LogP contribution in [0.5, 0.6) is 11.5 Å². The maximum Gasteiger partial charge on any atom is 0.240 e. The number of hydrogen-bond acceptors (Lipinski definition) is 7. The Bertz CT molecular complexity index is 1280. The number of sulfone groups is 1. The van der Waals surface area contributed by atoms with Crippen LogP contribution in [0.3, 0.4) is 0 Å². The van der Waals surface area contributed by atoms with E-state index in [1.54, 1.807) is 24.3 Å². The van der Waals surface area contributed by atoms with Gasteiger partial charge in [-0.15, -0.1) is 0 Å². The number of methoxy groups -OCH3 is 2. The Labute approximate surface area is 188 Å². The van der Waals surface area contributed by atoms with E-state index in [0.717, 1.165) is 5.56 Å². The molecule has 0 saturated carbocycles. The van der Waals surface area contributed by atoms with E-state index in [0.29, 0.717) is 11.3 Å². The molecule has 3 rings (SSSR count). The van der Waals surface area contributed by atoms with E-state index < -0.39 is 25.1 Å². The number of ether oxygens (including phenoxy) is 2. The van der Waals surface area contributed by atoms with E-state index in [4.69, 9.17) is 9.47 Å². The maximum atomic E-state index is 13.4. The molecule has 1 aromatic heterocycles. The van der Waals surface area contributed by atoms with Crippen LogP contribution in [0.2, 0.25) is 0 Å². The van der Waals surface area contributed by atoms with Crippen molar-refractivity contribution in [3.8, 4) is 11.5 Å². The Morgan fingerprint density at radius 2 is 1.56 bits per heavy atom. The van der Waals surface area contributed by atoms with Gasteiger partial charge in [0, 0.05) is 25.0 Å². The molecule has 0 radical (unpaired) electrons. The number of hydrogen-bond donors (Lipinski definition) is 1. The van der Waals surface area contributed by atoms with E-state index in [2.05, 4.69) is 9.71 Å². The molecule has 2 aromatic carbocycles. The Kier molecular flexibility index (Phi) is 7.17. The minimum atomic E-state index is -4.04. The number of pyridine rings is 1. The molecule has 3 aromatic rings. The second kappa shape index (κ2) is 9.68. The van der Waals surface area contributed by atoms with E-state index in [-0.39, 0.29) is 22.1 Å². The van der Waals surface area contributed by atoms with Crippen LogP contribution in [0.1, 0.15) is 16.4 Å². The molecule has 1 N–H and O–H groups in total. The summed E-state index contributed by atoms with van der Waals surface area (Å²) < 4.78 is 65.3. The zero-order valence-electron chi connectivity index (χ0n) is 17.8. The van der Waals surface area contributed by atoms with Gasteiger partial charge in [0.1, 0.15) is 5.25 Å². The summed E-state index contributed by atoms with van der Waals surface area (Å²) in [5, 5.41) is -1.17. The summed E-state index contributed by atoms with van der Waals surface area (Å²) in [7, 11) is -5.11. The van der Waals surface area contributed by atoms with Gasteiger partial charge in [-0.25, -0.2) is 21.6 Å². The first-order chi connectivity index (χ1) is 15.2. The Morgan fingerprint density at radius 3 is 2.16 bits per heavy atom. The van der Waals surface area contributed by atoms with E-state index >= 15 is 0 Å². The highest BCUT2D eigenvalue weighted by atomic mass is 32.2. The monoisotopic (exact) mass is 476 g/mol. The number of aryl methyl sites for hydroxylation is 1. The molecule has 1 unspecified atom stereocenters. The highest BCUT2D eigenvalue weighted by molar-refractivity contribution is 7.92. The lowest BCUT2D eigenvalue weighted by atomic mass is 10.2. The third-order valence-electron chi connectivity index (χ3n) is 4.90. The average molecular weight is 477 g/mol. The van der Waals surface area contributed by atoms with Gasteiger partial charge in [-0.3, -0.25) is 4.98 Å². The average Bonchev–Trinajstić information content (AvgIpc) is 2.79. The Morgan fingerprint density at radius 1 is 0.906 bits per heavy atom. The molecule has 10 heteroatoms. The van der Waals surface area contributed by atoms with Gasteiger partial charge < -0.3 is 9.47 Å². The molecular weight excluding hydrogens is 452 g/mol. The molecule has 0 aliphatic carbocycles. The first-order valence-electron chi connectivity index (χ1n) is 9.61. The molecule has 0 spiro atoms. The summed E-state index contributed by atoms with van der Waals surface area (Å²) in [5.41, 5.74) is 1.29. The summed E-state index contributed by atoms with van der Waals surface area (Å²) in [5.74, 6) is 0.619. The molecule has 0 fully saturated rings. The molecule has 0 bridgehead atoms. The third-order valence-corrected chi connectivity index (χ3v) is 8.44. The molecular formula is C22H24N2O6S2. The molecule has 0 amide bonds. The van der Waals surface area contributed by atoms with Crippen molar-refractivity contribution in [2.45, 2.75) is 22.0 Å². The molecule has 0 saturated heterocycles. The molecule has 1 atom stereocenters. The van der Waals surface area contributed by atoms with Crippen molar-refractivity contribution in [2.75, 3.05) is 20.8 Å². The van der Waals surface area contributed by atoms with E-state index in [1.165, 1.54) is 56.9 Å². The number of sulfonamides is 1. The van der Waals surface area contributed by atoms with Gasteiger partial charge in [0.2, 0.25) is 10.0 Å². The Balaban J connectivity index is 1.95. The highest BCUT2D eigenvalue weighted by Gasteiger charge is 2.31. The van der Waals surface area contributed by atoms with Gasteiger partial charge in [0.05, 0.1) is 24.0 Å². The van der Waals surface area contributed by atoms with Gasteiger partial charge in [-0.2, -0.15) is 0 Å². The minimum Gasteiger partial charge on any atom is -0.493 e. The van der Waals surface area contributed by atoms with E-state index in [1.807, 2.05) is 6.92 Å². The lowest BCUT2D eigenvalue weighted by molar-refractivity contribution is 0.354. The largest absolute Gasteiger partial charge is 0.493 e. The van der Waals surface area contributed by atoms with Gasteiger partial charge in [-0.1, -0.05) is 23.8 Å². The zero-order chi connectivity index (χ0) is 23.4. The first kappa shape index (κ1) is 23.7. The standard InChI is InChI=1S/C22H24N2O6S2/c1-16-6-8-18(9-7-16)31(25,26)22(17-5-4-12-23-14-17)15-24-32(27,28)19-10-11-20(29-2)21(13-19)30-3/h4-14,22,24H,15H2,1-3H3. The number of aromatic nitrogens is 1. The second-order valence-electron chi connectivity index (χ2n) is 7.00. The molecule has 32 heavy (non-hydrogen) atoms. The normalized spacial score (nSPS) is 12.8. The Hall–Kier alpha value is -2.95. The first-order valence-corrected chi connectivity index (χ1v) is 12.6. The van der Waals surface area contributed by atoms with Crippen molar-refractivity contribution in [1.29, 1.82) is 0 Å². The van der Waals surface area contributed by atoms with Crippen molar-refractivity contribution in [2.24, 2.45) is 0 Å². The number of nitrogens with one attached hydrogen (secondary N) is 1. The van der Waals surface area contributed by atoms with Crippen LogP contribution in [0.25, 0.3) is 0 Å². The van der Waals surface area contributed by atoms with Gasteiger partial charge in [-0.05, 0) is 42.8 Å². The summed E-state index contributed by atoms with van der Waals surface area (Å²) in [4.78, 5) is 4.02. The molecule has 170 valence electrons. The van der Waals surface area contributed by atoms with Gasteiger partial charge in [0.25, 0.3) is 0 Å². The quantitative estimate of drug-likeness (QED) is 0.505. The van der Waals surface area contributed by atoms with Crippen LogP contribution < -0.4 is 14.2 Å². The molecule has 0 aliphatic rings. The highest BCUT2D eigenvalue weighted by Crippen LogP contribution is 2.31. The van der Waals surface area contributed by atoms with Crippen LogP contribution in [0.4, 0.5) is 0 Å². The predicted octanol–water partition coefficient (Wildman–Crippen LogP) is 2.90. The third kappa shape index (κ3) is 5.09. The van der Waals surface area contributed by atoms with Crippen molar-refractivity contribution >= 4 is 19.9 Å². The fourth-order valence-electron chi connectivity index (χ4n) is 3.12. The minimum absolute atomic E-state index is 0.0761. The molecule has 1 heterocycles. The van der Waals surface area contributed by atoms with Crippen LogP contribution in [0, 0.1) is 6.92 Å². The summed E-state index contributed by atoms with van der Waals surface area (Å²) in [6, 6.07) is 13.8. The van der Waals surface area contributed by atoms with Gasteiger partial charge in [0.15, 0.2) is 21.3 Å². The SMILES string of the molecule is COc1ccc(S(=O)(=O)NCC(c2cccnc2)S(=O)(=O)c2ccc(C)cc2)cc1OC. The number of benzene rings is 2. The summed E-state index contributed by atoms with van der Waals surface area (Å²) in [6.45, 7) is 1.48. The fourth-order valence-corrected chi connectivity index (χ4v) is 5.93. The number of rotatable bonds is 9. The maximum absolute atomic E-state index is 13.4. The van der Waals surface area contributed by atoms with Crippen LogP contribution in [-0.2, 0) is 19.9 Å². The predicted molar refractivity (Wildman–Crippen MR) is 120 cm³/mol. The second-order valence-corrected chi connectivity index (χ2v) is 10.9. The lowest BCUT2D eigenvalue weighted by Gasteiger charge is -2.19. The lowest BCUT2D eigenvalue weighted by Crippen LogP contribution is -2.32. The topological polar surface area (TPSA) is 112 Å². The smallest absolute Gasteiger partial charge is 0.240 e. The van der Waals surface area contributed by atoms with Crippen LogP contribution in [0.15, 0.2) is 76.8 Å². The molecule has 8 nitrogen and oxygen atoms in total. The van der Waals surface area contributed by atoms with Gasteiger partial charge >= 0.3 is 0 Å². The zero-order valence-corrected chi connectivity index (χ0v) is 19.5. The van der Waals surface area contributed by atoms with Crippen molar-refractivity contribution in [3.05, 3.63) is 78.1 Å². The molecule has 0 aliphatic heterocycles. The summed E-state index contributed by atoms with van der Waals surface area (Å²) in [6.07, 6.45) is 2.94. The summed E-state index contributed by atoms with van der Waals surface area (Å²) >= 11 is 0. The fraction of sp³-hybridized carbons (Fsp3) is 0.227.